The highest BCUT2D eigenvalue weighted by atomic mass is 16.5. The molecular weight excluding hydrogens is 244 g/mol. The minimum Gasteiger partial charge on any atom is -0.465 e. The third-order valence-electron chi connectivity index (χ3n) is 2.94. The summed E-state index contributed by atoms with van der Waals surface area (Å²) in [4.78, 5) is 25.3. The third-order valence-corrected chi connectivity index (χ3v) is 2.94. The molecule has 0 aliphatic rings. The van der Waals surface area contributed by atoms with Crippen LogP contribution >= 0.6 is 0 Å². The van der Waals surface area contributed by atoms with Crippen molar-refractivity contribution in [2.45, 2.75) is 40.5 Å². The monoisotopic (exact) mass is 272 g/mol. The molecule has 0 aromatic rings. The number of hydrogen-bond donors (Lipinski definition) is 1. The highest BCUT2D eigenvalue weighted by Crippen LogP contribution is 2.10. The lowest BCUT2D eigenvalue weighted by molar-refractivity contribution is -0.149. The number of rotatable bonds is 9. The Kier molecular flexibility index (Phi) is 9.21. The fourth-order valence-corrected chi connectivity index (χ4v) is 1.83. The van der Waals surface area contributed by atoms with Crippen molar-refractivity contribution in [2.75, 3.05) is 26.2 Å². The zero-order valence-electron chi connectivity index (χ0n) is 12.6. The number of amides is 1. The summed E-state index contributed by atoms with van der Waals surface area (Å²) in [5.41, 5.74) is 5.62. The second-order valence-electron chi connectivity index (χ2n) is 5.19. The summed E-state index contributed by atoms with van der Waals surface area (Å²) in [5.74, 6) is 0.136. The van der Waals surface area contributed by atoms with E-state index in [9.17, 15) is 9.59 Å². The molecule has 0 fully saturated rings. The van der Waals surface area contributed by atoms with Gasteiger partial charge in [-0.05, 0) is 25.3 Å². The van der Waals surface area contributed by atoms with Crippen molar-refractivity contribution < 1.29 is 14.3 Å². The Labute approximate surface area is 116 Å². The van der Waals surface area contributed by atoms with E-state index in [4.69, 9.17) is 10.5 Å². The maximum Gasteiger partial charge on any atom is 0.325 e. The van der Waals surface area contributed by atoms with Crippen LogP contribution in [-0.4, -0.2) is 43.0 Å². The van der Waals surface area contributed by atoms with Crippen molar-refractivity contribution in [2.24, 2.45) is 17.6 Å². The average molecular weight is 272 g/mol. The van der Waals surface area contributed by atoms with Gasteiger partial charge in [0.25, 0.3) is 0 Å². The summed E-state index contributed by atoms with van der Waals surface area (Å²) in [7, 11) is 0. The first-order valence-corrected chi connectivity index (χ1v) is 7.07. The number of nitrogens with two attached hydrogens (primary N) is 1. The molecule has 0 aliphatic carbocycles. The molecule has 0 rings (SSSR count). The first kappa shape index (κ1) is 17.9. The predicted molar refractivity (Wildman–Crippen MR) is 75.5 cm³/mol. The van der Waals surface area contributed by atoms with Crippen LogP contribution in [0.3, 0.4) is 0 Å². The van der Waals surface area contributed by atoms with Gasteiger partial charge in [0.05, 0.1) is 6.61 Å². The largest absolute Gasteiger partial charge is 0.465 e. The molecule has 0 bridgehead atoms. The first-order valence-electron chi connectivity index (χ1n) is 7.07. The minimum absolute atomic E-state index is 0.0148. The molecule has 1 atom stereocenters. The van der Waals surface area contributed by atoms with Gasteiger partial charge in [-0.15, -0.1) is 0 Å². The zero-order valence-corrected chi connectivity index (χ0v) is 12.6. The minimum atomic E-state index is -0.350. The number of carbonyl (C=O) groups excluding carboxylic acids is 2. The van der Waals surface area contributed by atoms with E-state index in [2.05, 4.69) is 0 Å². The Morgan fingerprint density at radius 2 is 1.89 bits per heavy atom. The molecule has 0 aromatic carbocycles. The molecule has 1 amide bonds. The fourth-order valence-electron chi connectivity index (χ4n) is 1.83. The van der Waals surface area contributed by atoms with Crippen LogP contribution in [0.1, 0.15) is 40.5 Å². The fraction of sp³-hybridized carbons (Fsp3) is 0.857. The molecule has 1 unspecified atom stereocenters. The van der Waals surface area contributed by atoms with E-state index in [0.29, 0.717) is 32.0 Å². The van der Waals surface area contributed by atoms with Crippen molar-refractivity contribution in [3.05, 3.63) is 0 Å². The van der Waals surface area contributed by atoms with Crippen LogP contribution in [0.15, 0.2) is 0 Å². The van der Waals surface area contributed by atoms with E-state index in [1.54, 1.807) is 11.8 Å². The van der Waals surface area contributed by atoms with Gasteiger partial charge >= 0.3 is 5.97 Å². The van der Waals surface area contributed by atoms with Gasteiger partial charge in [0, 0.05) is 13.0 Å². The predicted octanol–water partition coefficient (Wildman–Crippen LogP) is 1.41. The van der Waals surface area contributed by atoms with Crippen molar-refractivity contribution >= 4 is 11.9 Å². The van der Waals surface area contributed by atoms with E-state index >= 15 is 0 Å². The highest BCUT2D eigenvalue weighted by molar-refractivity contribution is 5.82. The second-order valence-corrected chi connectivity index (χ2v) is 5.19. The van der Waals surface area contributed by atoms with Crippen LogP contribution in [0.2, 0.25) is 0 Å². The molecule has 0 aliphatic heterocycles. The molecule has 0 saturated carbocycles. The van der Waals surface area contributed by atoms with Crippen LogP contribution in [0, 0.1) is 11.8 Å². The van der Waals surface area contributed by atoms with Crippen LogP contribution in [-0.2, 0) is 14.3 Å². The standard InChI is InChI=1S/C14H28N2O3/c1-5-12(8-15)7-13(17)16(9-11(3)4)10-14(18)19-6-2/h11-12H,5-10,15H2,1-4H3. The van der Waals surface area contributed by atoms with Crippen molar-refractivity contribution in [1.29, 1.82) is 0 Å². The lowest BCUT2D eigenvalue weighted by atomic mass is 10.0. The summed E-state index contributed by atoms with van der Waals surface area (Å²) in [6.45, 7) is 9.25. The molecule has 0 aromatic heterocycles. The lowest BCUT2D eigenvalue weighted by Gasteiger charge is -2.25. The van der Waals surface area contributed by atoms with Gasteiger partial charge in [-0.25, -0.2) is 0 Å². The van der Waals surface area contributed by atoms with Gasteiger partial charge in [-0.2, -0.15) is 0 Å². The van der Waals surface area contributed by atoms with Crippen molar-refractivity contribution in [3.63, 3.8) is 0 Å². The topological polar surface area (TPSA) is 72.6 Å². The van der Waals surface area contributed by atoms with Crippen LogP contribution in [0.25, 0.3) is 0 Å². The molecule has 0 radical (unpaired) electrons. The molecule has 0 heterocycles. The van der Waals surface area contributed by atoms with Crippen molar-refractivity contribution in [1.82, 2.24) is 4.90 Å². The molecule has 5 heteroatoms. The van der Waals surface area contributed by atoms with Crippen LogP contribution in [0.4, 0.5) is 0 Å². The average Bonchev–Trinajstić information content (AvgIpc) is 2.34. The summed E-state index contributed by atoms with van der Waals surface area (Å²) in [5, 5.41) is 0. The molecule has 2 N–H and O–H groups in total. The van der Waals surface area contributed by atoms with Gasteiger partial charge in [-0.1, -0.05) is 27.2 Å². The molecule has 0 saturated heterocycles. The Morgan fingerprint density at radius 3 is 2.32 bits per heavy atom. The van der Waals surface area contributed by atoms with E-state index in [1.165, 1.54) is 0 Å². The molecule has 5 nitrogen and oxygen atoms in total. The van der Waals surface area contributed by atoms with Crippen LogP contribution in [0.5, 0.6) is 0 Å². The van der Waals surface area contributed by atoms with Gasteiger partial charge in [0.2, 0.25) is 5.91 Å². The number of hydrogen-bond acceptors (Lipinski definition) is 4. The van der Waals surface area contributed by atoms with Gasteiger partial charge in [0.15, 0.2) is 0 Å². The molecule has 112 valence electrons. The van der Waals surface area contributed by atoms with Crippen LogP contribution < -0.4 is 5.73 Å². The number of carbonyl (C=O) groups is 2. The summed E-state index contributed by atoms with van der Waals surface area (Å²) >= 11 is 0. The zero-order chi connectivity index (χ0) is 14.8. The van der Waals surface area contributed by atoms with E-state index < -0.39 is 0 Å². The number of esters is 1. The maximum absolute atomic E-state index is 12.2. The molecular formula is C14H28N2O3. The highest BCUT2D eigenvalue weighted by Gasteiger charge is 2.21. The first-order chi connectivity index (χ1) is 8.94. The Bertz CT molecular complexity index is 276. The third kappa shape index (κ3) is 7.82. The Hall–Kier alpha value is -1.10. The second kappa shape index (κ2) is 9.78. The van der Waals surface area contributed by atoms with E-state index in [0.717, 1.165) is 6.42 Å². The van der Waals surface area contributed by atoms with Crippen molar-refractivity contribution in [3.8, 4) is 0 Å². The number of nitrogens with zero attached hydrogens (tertiary/aromatic N) is 1. The number of ether oxygens (including phenoxy) is 1. The Morgan fingerprint density at radius 1 is 1.26 bits per heavy atom. The lowest BCUT2D eigenvalue weighted by Crippen LogP contribution is -2.40. The normalized spacial score (nSPS) is 12.3. The maximum atomic E-state index is 12.2. The van der Waals surface area contributed by atoms with E-state index in [1.807, 2.05) is 20.8 Å². The van der Waals surface area contributed by atoms with E-state index in [-0.39, 0.29) is 24.3 Å². The molecule has 0 spiro atoms. The summed E-state index contributed by atoms with van der Waals surface area (Å²) in [6.07, 6.45) is 1.27. The summed E-state index contributed by atoms with van der Waals surface area (Å²) in [6, 6.07) is 0. The van der Waals surface area contributed by atoms with Gasteiger partial charge in [-0.3, -0.25) is 9.59 Å². The SMILES string of the molecule is CCOC(=O)CN(CC(C)C)C(=O)CC(CC)CN. The Balaban J connectivity index is 4.54. The quantitative estimate of drug-likeness (QED) is 0.644. The van der Waals surface area contributed by atoms with Gasteiger partial charge in [0.1, 0.15) is 6.54 Å². The summed E-state index contributed by atoms with van der Waals surface area (Å²) < 4.78 is 4.90. The molecule has 19 heavy (non-hydrogen) atoms. The van der Waals surface area contributed by atoms with Gasteiger partial charge < -0.3 is 15.4 Å². The smallest absolute Gasteiger partial charge is 0.325 e.